The Labute approximate surface area is 274 Å². The van der Waals surface area contributed by atoms with Crippen LogP contribution in [0.5, 0.6) is 11.5 Å². The van der Waals surface area contributed by atoms with Crippen LogP contribution in [0, 0.1) is 19.8 Å². The number of esters is 1. The minimum Gasteiger partial charge on any atom is -0.493 e. The van der Waals surface area contributed by atoms with Gasteiger partial charge in [0.05, 0.1) is 47.4 Å². The van der Waals surface area contributed by atoms with Crippen molar-refractivity contribution in [3.8, 4) is 11.5 Å². The molecule has 0 saturated carbocycles. The number of aryl methyl sites for hydroxylation is 2. The Hall–Kier alpha value is -4.62. The number of thiazole rings is 1. The highest BCUT2D eigenvalue weighted by molar-refractivity contribution is 7.80. The van der Waals surface area contributed by atoms with Crippen LogP contribution in [0.3, 0.4) is 0 Å². The number of aromatic nitrogens is 1. The molecule has 1 saturated heterocycles. The first-order valence-corrected chi connectivity index (χ1v) is 15.9. The van der Waals surface area contributed by atoms with E-state index in [0.717, 1.165) is 22.5 Å². The second-order valence-corrected chi connectivity index (χ2v) is 12.5. The summed E-state index contributed by atoms with van der Waals surface area (Å²) in [6, 6.07) is 9.67. The standard InChI is InChI=1S/C33H34N4O7S2/c1-8-43-31(41)26-19(6)34-33-37(27(26)20-10-12-23(44-16(2)3)24(14-20)42-7)30(40)25(46-33)15-22-28(38)35-32(45)36(29(22)39)21-11-9-17(4)18(5)13-21/h9-16,22,27H,8H2,1-7H3,(H,35,38,45)/b25-15+/t22-,27+/m1/s1. The van der Waals surface area contributed by atoms with Crippen LogP contribution in [0.15, 0.2) is 57.5 Å². The second kappa shape index (κ2) is 13.0. The van der Waals surface area contributed by atoms with Crippen LogP contribution in [-0.2, 0) is 19.1 Å². The van der Waals surface area contributed by atoms with Gasteiger partial charge in [0.2, 0.25) is 11.8 Å². The molecule has 0 spiro atoms. The van der Waals surface area contributed by atoms with Crippen molar-refractivity contribution < 1.29 is 28.6 Å². The van der Waals surface area contributed by atoms with Gasteiger partial charge in [0, 0.05) is 0 Å². The van der Waals surface area contributed by atoms with Crippen molar-refractivity contribution in [3.05, 3.63) is 84.0 Å². The number of nitrogens with zero attached hydrogens (tertiary/aromatic N) is 3. The Bertz CT molecular complexity index is 1990. The van der Waals surface area contributed by atoms with Gasteiger partial charge in [-0.05, 0) is 101 Å². The Balaban J connectivity index is 1.65. The van der Waals surface area contributed by atoms with Crippen molar-refractivity contribution in [1.29, 1.82) is 0 Å². The third-order valence-electron chi connectivity index (χ3n) is 7.65. The number of hydrogen-bond donors (Lipinski definition) is 1. The van der Waals surface area contributed by atoms with Crippen LogP contribution in [0.25, 0.3) is 6.08 Å². The van der Waals surface area contributed by atoms with Crippen molar-refractivity contribution in [3.63, 3.8) is 0 Å². The number of fused-ring (bicyclic) bond motifs is 1. The summed E-state index contributed by atoms with van der Waals surface area (Å²) in [5.41, 5.74) is 3.06. The van der Waals surface area contributed by atoms with E-state index in [1.54, 1.807) is 38.1 Å². The lowest BCUT2D eigenvalue weighted by atomic mass is 9.95. The molecule has 11 nitrogen and oxygen atoms in total. The molecular weight excluding hydrogens is 629 g/mol. The number of thiocarbonyl (C=S) groups is 1. The number of nitrogens with one attached hydrogen (secondary N) is 1. The molecule has 13 heteroatoms. The molecule has 2 aromatic carbocycles. The van der Waals surface area contributed by atoms with E-state index in [0.29, 0.717) is 33.2 Å². The lowest BCUT2D eigenvalue weighted by Crippen LogP contribution is -2.58. The summed E-state index contributed by atoms with van der Waals surface area (Å²) < 4.78 is 18.3. The molecule has 2 amide bonds. The maximum atomic E-state index is 14.2. The van der Waals surface area contributed by atoms with Crippen LogP contribution in [0.2, 0.25) is 0 Å². The maximum Gasteiger partial charge on any atom is 0.338 e. The average Bonchev–Trinajstić information content (AvgIpc) is 3.30. The summed E-state index contributed by atoms with van der Waals surface area (Å²) in [6.45, 7) is 11.1. The minimum atomic E-state index is -1.34. The number of benzene rings is 2. The van der Waals surface area contributed by atoms with Gasteiger partial charge >= 0.3 is 5.97 Å². The van der Waals surface area contributed by atoms with E-state index in [1.807, 2.05) is 39.8 Å². The van der Waals surface area contributed by atoms with E-state index in [-0.39, 0.29) is 27.9 Å². The normalized spacial score (nSPS) is 18.4. The largest absolute Gasteiger partial charge is 0.493 e. The molecule has 1 N–H and O–H groups in total. The lowest BCUT2D eigenvalue weighted by molar-refractivity contribution is -0.139. The van der Waals surface area contributed by atoms with Crippen molar-refractivity contribution >= 4 is 58.2 Å². The predicted octanol–water partition coefficient (Wildman–Crippen LogP) is 3.23. The van der Waals surface area contributed by atoms with Gasteiger partial charge in [-0.1, -0.05) is 23.5 Å². The summed E-state index contributed by atoms with van der Waals surface area (Å²) in [7, 11) is 1.50. The number of ether oxygens (including phenoxy) is 3. The van der Waals surface area contributed by atoms with E-state index in [1.165, 1.54) is 22.7 Å². The van der Waals surface area contributed by atoms with Gasteiger partial charge in [-0.3, -0.25) is 23.9 Å². The fourth-order valence-corrected chi connectivity index (χ4v) is 6.68. The number of carbonyl (C=O) groups is 3. The molecule has 2 aliphatic heterocycles. The van der Waals surface area contributed by atoms with E-state index in [4.69, 9.17) is 26.4 Å². The molecule has 0 unspecified atom stereocenters. The number of allylic oxidation sites excluding steroid dienone is 1. The van der Waals surface area contributed by atoms with Gasteiger partial charge in [-0.15, -0.1) is 0 Å². The first-order chi connectivity index (χ1) is 21.9. The Morgan fingerprint density at radius 2 is 1.83 bits per heavy atom. The van der Waals surface area contributed by atoms with Gasteiger partial charge in [-0.25, -0.2) is 9.79 Å². The zero-order valence-electron chi connectivity index (χ0n) is 26.5. The second-order valence-electron chi connectivity index (χ2n) is 11.1. The smallest absolute Gasteiger partial charge is 0.338 e. The Kier molecular flexibility index (Phi) is 9.27. The maximum absolute atomic E-state index is 14.2. The van der Waals surface area contributed by atoms with E-state index in [2.05, 4.69) is 10.3 Å². The molecule has 240 valence electrons. The Morgan fingerprint density at radius 3 is 2.48 bits per heavy atom. The zero-order chi connectivity index (χ0) is 33.4. The molecule has 2 aliphatic rings. The third kappa shape index (κ3) is 5.99. The summed E-state index contributed by atoms with van der Waals surface area (Å²) >= 11 is 6.37. The monoisotopic (exact) mass is 662 g/mol. The summed E-state index contributed by atoms with van der Waals surface area (Å²) in [5.74, 6) is -2.28. The van der Waals surface area contributed by atoms with Crippen molar-refractivity contribution in [1.82, 2.24) is 9.88 Å². The van der Waals surface area contributed by atoms with Crippen LogP contribution in [0.1, 0.15) is 50.4 Å². The number of rotatable bonds is 8. The van der Waals surface area contributed by atoms with E-state index in [9.17, 15) is 19.2 Å². The molecule has 46 heavy (non-hydrogen) atoms. The van der Waals surface area contributed by atoms with Gasteiger partial charge in [0.1, 0.15) is 5.92 Å². The molecule has 0 bridgehead atoms. The highest BCUT2D eigenvalue weighted by atomic mass is 32.1. The van der Waals surface area contributed by atoms with Crippen molar-refractivity contribution in [2.45, 2.75) is 53.7 Å². The first-order valence-electron chi connectivity index (χ1n) is 14.7. The Morgan fingerprint density at radius 1 is 1.09 bits per heavy atom. The van der Waals surface area contributed by atoms with Gasteiger partial charge in [0.15, 0.2) is 21.4 Å². The molecule has 3 aromatic rings. The summed E-state index contributed by atoms with van der Waals surface area (Å²) in [4.78, 5) is 60.4. The summed E-state index contributed by atoms with van der Waals surface area (Å²) in [5, 5.41) is 2.55. The molecule has 0 radical (unpaired) electrons. The van der Waals surface area contributed by atoms with Crippen LogP contribution >= 0.6 is 23.6 Å². The fourth-order valence-electron chi connectivity index (χ4n) is 5.32. The van der Waals surface area contributed by atoms with Gasteiger partial charge in [-0.2, -0.15) is 0 Å². The molecule has 3 heterocycles. The molecular formula is C33H34N4O7S2. The topological polar surface area (TPSA) is 129 Å². The predicted molar refractivity (Wildman–Crippen MR) is 178 cm³/mol. The molecule has 1 aromatic heterocycles. The number of amides is 2. The molecule has 5 rings (SSSR count). The number of anilines is 1. The SMILES string of the molecule is CCOC(=O)C1=C(C)N=c2s/c(=C/[C@@H]3C(=O)NC(=S)N(c4ccc(C)c(C)c4)C3=O)c(=O)n2[C@H]1c1ccc(OC(C)C)c(OC)c1. The van der Waals surface area contributed by atoms with Crippen LogP contribution in [-0.4, -0.2) is 47.3 Å². The van der Waals surface area contributed by atoms with Gasteiger partial charge in [0.25, 0.3) is 5.56 Å². The molecule has 1 fully saturated rings. The van der Waals surface area contributed by atoms with E-state index < -0.39 is 35.3 Å². The molecule has 2 atom stereocenters. The first kappa shape index (κ1) is 32.8. The summed E-state index contributed by atoms with van der Waals surface area (Å²) in [6.07, 6.45) is 1.22. The zero-order valence-corrected chi connectivity index (χ0v) is 28.1. The number of carbonyl (C=O) groups excluding carboxylic acids is 3. The number of methoxy groups -OCH3 is 1. The van der Waals surface area contributed by atoms with Crippen LogP contribution < -0.4 is 34.6 Å². The van der Waals surface area contributed by atoms with Crippen molar-refractivity contribution in [2.24, 2.45) is 10.9 Å². The average molecular weight is 663 g/mol. The van der Waals surface area contributed by atoms with E-state index >= 15 is 0 Å². The lowest BCUT2D eigenvalue weighted by Gasteiger charge is -2.31. The van der Waals surface area contributed by atoms with Gasteiger partial charge < -0.3 is 19.5 Å². The van der Waals surface area contributed by atoms with Crippen molar-refractivity contribution in [2.75, 3.05) is 18.6 Å². The number of hydrogen-bond acceptors (Lipinski definition) is 10. The minimum absolute atomic E-state index is 0.0436. The third-order valence-corrected chi connectivity index (χ3v) is 8.94. The van der Waals surface area contributed by atoms with Crippen LogP contribution in [0.4, 0.5) is 5.69 Å². The highest BCUT2D eigenvalue weighted by Crippen LogP contribution is 2.36. The molecule has 0 aliphatic carbocycles. The quantitative estimate of drug-likeness (QED) is 0.221. The highest BCUT2D eigenvalue weighted by Gasteiger charge is 2.39. The fraction of sp³-hybridized carbons (Fsp3) is 0.333.